The molecule has 9 rings (SSSR count). The lowest BCUT2D eigenvalue weighted by molar-refractivity contribution is 0.127. The van der Waals surface area contributed by atoms with E-state index in [-0.39, 0.29) is 27.1 Å². The van der Waals surface area contributed by atoms with Gasteiger partial charge in [-0.3, -0.25) is 0 Å². The third-order valence-electron chi connectivity index (χ3n) is 15.7. The predicted octanol–water partition coefficient (Wildman–Crippen LogP) is 15.7. The van der Waals surface area contributed by atoms with Gasteiger partial charge in [0, 0.05) is 16.2 Å². The highest BCUT2D eigenvalue weighted by atomic mass is 16.3. The van der Waals surface area contributed by atoms with Crippen molar-refractivity contribution < 1.29 is 25.5 Å². The van der Waals surface area contributed by atoms with Gasteiger partial charge in [0.2, 0.25) is 0 Å². The minimum atomic E-state index is -0.0669. The summed E-state index contributed by atoms with van der Waals surface area (Å²) in [6, 6.07) is 47.5. The van der Waals surface area contributed by atoms with E-state index in [1.54, 1.807) is 48.5 Å². The maximum Gasteiger partial charge on any atom is 0.115 e. The molecule has 6 aromatic carbocycles. The summed E-state index contributed by atoms with van der Waals surface area (Å²) in [5, 5.41) is 48.2. The summed E-state index contributed by atoms with van der Waals surface area (Å²) < 4.78 is 0. The molecule has 0 aromatic heterocycles. The Hall–Kier alpha value is -5.68. The molecule has 0 aliphatic heterocycles. The van der Waals surface area contributed by atoms with Crippen LogP contribution < -0.4 is 0 Å². The first kappa shape index (κ1) is 49.2. The normalized spacial score (nSPS) is 23.1. The molecule has 0 spiro atoms. The molecule has 5 N–H and O–H groups in total. The molecule has 3 atom stereocenters. The van der Waals surface area contributed by atoms with Gasteiger partial charge in [-0.15, -0.1) is 0 Å². The number of hydrogen-bond acceptors (Lipinski definition) is 5. The van der Waals surface area contributed by atoms with Gasteiger partial charge in [-0.25, -0.2) is 0 Å². The van der Waals surface area contributed by atoms with Crippen molar-refractivity contribution in [2.75, 3.05) is 0 Å². The highest BCUT2D eigenvalue weighted by Crippen LogP contribution is 2.58. The molecule has 3 aliphatic rings. The van der Waals surface area contributed by atoms with Crippen LogP contribution >= 0.6 is 0 Å². The summed E-state index contributed by atoms with van der Waals surface area (Å²) in [7, 11) is 0. The van der Waals surface area contributed by atoms with Gasteiger partial charge >= 0.3 is 0 Å². The Kier molecular flexibility index (Phi) is 14.1. The van der Waals surface area contributed by atoms with E-state index < -0.39 is 0 Å². The molecule has 0 amide bonds. The zero-order valence-electron chi connectivity index (χ0n) is 41.6. The topological polar surface area (TPSA) is 101 Å². The maximum absolute atomic E-state index is 9.67. The van der Waals surface area contributed by atoms with E-state index in [1.807, 2.05) is 36.4 Å². The van der Waals surface area contributed by atoms with Gasteiger partial charge in [-0.2, -0.15) is 0 Å². The predicted molar refractivity (Wildman–Crippen MR) is 275 cm³/mol. The average Bonchev–Trinajstić information content (AvgIpc) is 3.52. The standard InChI is InChI=1S/C21H26O2.C21H26O.C20H24O2/c1-15-12-20(2,3)14-21(13-15,16-4-8-18(22)9-5-16)17-6-10-19(23)11-7-17;1-15-5-7-17(8-6-15)21(14-20(3,4)13-16(21)2)18-9-11-19(22)12-10-18;1-19(2)12-3-13-20(14-19,15-4-8-17(21)9-5-15)16-6-10-18(22)11-7-16/h4-11,15,22-23H,12-14H2,1-3H3;5-12,16,22H,13-14H2,1-4H3;4-11,21-22H,3,12-14H2,1-2H3. The second-order valence-electron chi connectivity index (χ2n) is 23.2. The van der Waals surface area contributed by atoms with Gasteiger partial charge in [0.05, 0.1) is 0 Å². The van der Waals surface area contributed by atoms with Crippen LogP contribution in [-0.2, 0) is 16.2 Å². The van der Waals surface area contributed by atoms with Crippen molar-refractivity contribution >= 4 is 0 Å². The maximum atomic E-state index is 9.67. The number of benzene rings is 6. The zero-order valence-corrected chi connectivity index (χ0v) is 41.6. The molecule has 3 fully saturated rings. The Bertz CT molecular complexity index is 2390. The van der Waals surface area contributed by atoms with Gasteiger partial charge in [-0.05, 0) is 180 Å². The van der Waals surface area contributed by atoms with Gasteiger partial charge in [0.15, 0.2) is 0 Å². The third-order valence-corrected chi connectivity index (χ3v) is 15.7. The van der Waals surface area contributed by atoms with E-state index >= 15 is 0 Å². The first-order chi connectivity index (χ1) is 31.6. The van der Waals surface area contributed by atoms with Gasteiger partial charge in [0.1, 0.15) is 28.7 Å². The van der Waals surface area contributed by atoms with Crippen molar-refractivity contribution in [3.63, 3.8) is 0 Å². The van der Waals surface area contributed by atoms with Gasteiger partial charge in [-0.1, -0.05) is 152 Å². The highest BCUT2D eigenvalue weighted by molar-refractivity contribution is 5.47. The van der Waals surface area contributed by atoms with E-state index in [9.17, 15) is 25.5 Å². The molecule has 0 saturated heterocycles. The fraction of sp³-hybridized carbons (Fsp3) is 0.419. The van der Waals surface area contributed by atoms with Crippen LogP contribution in [0.4, 0.5) is 0 Å². The Balaban J connectivity index is 0.000000149. The first-order valence-corrected chi connectivity index (χ1v) is 24.6. The summed E-state index contributed by atoms with van der Waals surface area (Å²) in [5.74, 6) is 2.76. The Labute approximate surface area is 401 Å². The number of rotatable bonds is 6. The van der Waals surface area contributed by atoms with E-state index in [1.165, 1.54) is 64.6 Å². The largest absolute Gasteiger partial charge is 0.508 e. The molecular formula is C62H76O5. The molecule has 6 aromatic rings. The molecule has 67 heavy (non-hydrogen) atoms. The van der Waals surface area contributed by atoms with Crippen molar-refractivity contribution in [2.45, 2.75) is 136 Å². The first-order valence-electron chi connectivity index (χ1n) is 24.6. The van der Waals surface area contributed by atoms with E-state index in [0.29, 0.717) is 46.0 Å². The summed E-state index contributed by atoms with van der Waals surface area (Å²) in [4.78, 5) is 0. The van der Waals surface area contributed by atoms with Crippen molar-refractivity contribution in [1.29, 1.82) is 0 Å². The van der Waals surface area contributed by atoms with Crippen LogP contribution in [0.3, 0.4) is 0 Å². The second kappa shape index (κ2) is 19.1. The number of phenolic OH excluding ortho intramolecular Hbond substituents is 5. The molecule has 354 valence electrons. The molecule has 3 saturated carbocycles. The molecule has 0 bridgehead atoms. The lowest BCUT2D eigenvalue weighted by Crippen LogP contribution is -2.41. The van der Waals surface area contributed by atoms with Crippen molar-refractivity contribution in [3.8, 4) is 28.7 Å². The minimum absolute atomic E-state index is 0.0385. The molecular weight excluding hydrogens is 825 g/mol. The van der Waals surface area contributed by atoms with Crippen LogP contribution in [-0.4, -0.2) is 25.5 Å². The minimum Gasteiger partial charge on any atom is -0.508 e. The van der Waals surface area contributed by atoms with E-state index in [4.69, 9.17) is 0 Å². The monoisotopic (exact) mass is 901 g/mol. The highest BCUT2D eigenvalue weighted by Gasteiger charge is 2.51. The fourth-order valence-electron chi connectivity index (χ4n) is 13.4. The van der Waals surface area contributed by atoms with Crippen LogP contribution in [0.1, 0.15) is 152 Å². The summed E-state index contributed by atoms with van der Waals surface area (Å²) >= 11 is 0. The van der Waals surface area contributed by atoms with Gasteiger partial charge in [0.25, 0.3) is 0 Å². The molecule has 3 aliphatic carbocycles. The SMILES string of the molecule is CC1(C)CCCC(c2ccc(O)cc2)(c2ccc(O)cc2)C1.CC1CC(C)(C)CC(c2ccc(O)cc2)(c2ccc(O)cc2)C1.Cc1ccc(C2(c3ccc(O)cc3)CC(C)(C)CC2C)cc1. The number of aryl methyl sites for hydroxylation is 1. The smallest absolute Gasteiger partial charge is 0.115 e. The quantitative estimate of drug-likeness (QED) is 0.115. The third kappa shape index (κ3) is 10.9. The Morgan fingerprint density at radius 1 is 0.358 bits per heavy atom. The van der Waals surface area contributed by atoms with Crippen LogP contribution in [0.15, 0.2) is 146 Å². The lowest BCUT2D eigenvalue weighted by Gasteiger charge is -2.48. The van der Waals surface area contributed by atoms with Crippen LogP contribution in [0.5, 0.6) is 28.7 Å². The second-order valence-corrected chi connectivity index (χ2v) is 23.2. The van der Waals surface area contributed by atoms with Crippen LogP contribution in [0.2, 0.25) is 0 Å². The fourth-order valence-corrected chi connectivity index (χ4v) is 13.4. The number of aromatic hydroxyl groups is 5. The van der Waals surface area contributed by atoms with E-state index in [0.717, 1.165) is 32.1 Å². The molecule has 3 unspecified atom stereocenters. The Morgan fingerprint density at radius 2 is 0.687 bits per heavy atom. The number of hydrogen-bond donors (Lipinski definition) is 5. The van der Waals surface area contributed by atoms with Crippen LogP contribution in [0.25, 0.3) is 0 Å². The molecule has 0 heterocycles. The average molecular weight is 901 g/mol. The molecule has 0 radical (unpaired) electrons. The molecule has 5 heteroatoms. The zero-order chi connectivity index (χ0) is 48.4. The summed E-state index contributed by atoms with van der Waals surface area (Å²) in [6.07, 6.45) is 10.4. The van der Waals surface area contributed by atoms with Crippen molar-refractivity contribution in [2.24, 2.45) is 28.1 Å². The van der Waals surface area contributed by atoms with Crippen molar-refractivity contribution in [1.82, 2.24) is 0 Å². The number of phenols is 5. The van der Waals surface area contributed by atoms with Crippen molar-refractivity contribution in [3.05, 3.63) is 185 Å². The van der Waals surface area contributed by atoms with Crippen LogP contribution in [0, 0.1) is 35.0 Å². The summed E-state index contributed by atoms with van der Waals surface area (Å²) in [5.41, 5.74) is 9.86. The molecule has 5 nitrogen and oxygen atoms in total. The van der Waals surface area contributed by atoms with E-state index in [2.05, 4.69) is 123 Å². The lowest BCUT2D eigenvalue weighted by atomic mass is 9.55. The summed E-state index contributed by atoms with van der Waals surface area (Å²) in [6.45, 7) is 21.0. The van der Waals surface area contributed by atoms with Gasteiger partial charge < -0.3 is 25.5 Å². The Morgan fingerprint density at radius 3 is 1.03 bits per heavy atom.